The van der Waals surface area contributed by atoms with Gasteiger partial charge in [-0.2, -0.15) is 5.10 Å². The van der Waals surface area contributed by atoms with Crippen molar-refractivity contribution in [1.82, 2.24) is 10.2 Å². The molecule has 3 N–H and O–H groups in total. The number of aryl methyl sites for hydroxylation is 1. The van der Waals surface area contributed by atoms with Crippen molar-refractivity contribution in [2.45, 2.75) is 12.8 Å². The standard InChI is InChI=1S/C14H19N3O2/c1-9-6-13(17-16-9)12(8-15)11-5-4-10(18-2)7-14(11)19-3/h4-7,12H,8,15H2,1-3H3,(H,16,17). The fourth-order valence-electron chi connectivity index (χ4n) is 2.13. The number of rotatable bonds is 5. The molecule has 19 heavy (non-hydrogen) atoms. The maximum absolute atomic E-state index is 5.90. The minimum absolute atomic E-state index is 0.00538. The zero-order valence-electron chi connectivity index (χ0n) is 11.4. The average Bonchev–Trinajstić information content (AvgIpc) is 2.86. The first-order valence-electron chi connectivity index (χ1n) is 6.13. The van der Waals surface area contributed by atoms with Crippen LogP contribution < -0.4 is 15.2 Å². The summed E-state index contributed by atoms with van der Waals surface area (Å²) in [7, 11) is 3.27. The van der Waals surface area contributed by atoms with E-state index in [9.17, 15) is 0 Å². The first kappa shape index (κ1) is 13.4. The lowest BCUT2D eigenvalue weighted by Gasteiger charge is -2.17. The van der Waals surface area contributed by atoms with Gasteiger partial charge < -0.3 is 15.2 Å². The summed E-state index contributed by atoms with van der Waals surface area (Å²) in [5.74, 6) is 1.52. The van der Waals surface area contributed by atoms with E-state index in [4.69, 9.17) is 15.2 Å². The highest BCUT2D eigenvalue weighted by molar-refractivity contribution is 5.45. The van der Waals surface area contributed by atoms with E-state index in [1.807, 2.05) is 31.2 Å². The van der Waals surface area contributed by atoms with Crippen molar-refractivity contribution in [3.8, 4) is 11.5 Å². The summed E-state index contributed by atoms with van der Waals surface area (Å²) in [4.78, 5) is 0. The smallest absolute Gasteiger partial charge is 0.126 e. The van der Waals surface area contributed by atoms with Crippen LogP contribution in [0.15, 0.2) is 24.3 Å². The van der Waals surface area contributed by atoms with Crippen LogP contribution in [0.5, 0.6) is 11.5 Å². The van der Waals surface area contributed by atoms with Gasteiger partial charge in [0, 0.05) is 29.8 Å². The van der Waals surface area contributed by atoms with Crippen LogP contribution in [0.1, 0.15) is 22.9 Å². The maximum atomic E-state index is 5.90. The van der Waals surface area contributed by atoms with Gasteiger partial charge in [-0.15, -0.1) is 0 Å². The number of nitrogens with two attached hydrogens (primary N) is 1. The molecule has 102 valence electrons. The molecule has 2 rings (SSSR count). The Morgan fingerprint density at radius 1 is 1.26 bits per heavy atom. The molecule has 0 saturated carbocycles. The van der Waals surface area contributed by atoms with Crippen LogP contribution in [-0.4, -0.2) is 31.0 Å². The summed E-state index contributed by atoms with van der Waals surface area (Å²) in [6.45, 7) is 2.43. The molecule has 0 bridgehead atoms. The largest absolute Gasteiger partial charge is 0.497 e. The van der Waals surface area contributed by atoms with E-state index >= 15 is 0 Å². The van der Waals surface area contributed by atoms with Gasteiger partial charge in [-0.3, -0.25) is 5.10 Å². The molecule has 0 aliphatic rings. The number of hydrogen-bond donors (Lipinski definition) is 2. The Hall–Kier alpha value is -2.01. The van der Waals surface area contributed by atoms with E-state index < -0.39 is 0 Å². The Kier molecular flexibility index (Phi) is 4.06. The molecule has 1 heterocycles. The molecule has 1 unspecified atom stereocenters. The van der Waals surface area contributed by atoms with Crippen molar-refractivity contribution in [1.29, 1.82) is 0 Å². The van der Waals surface area contributed by atoms with E-state index in [1.54, 1.807) is 14.2 Å². The van der Waals surface area contributed by atoms with Gasteiger partial charge in [-0.1, -0.05) is 6.07 Å². The van der Waals surface area contributed by atoms with Crippen molar-refractivity contribution in [3.05, 3.63) is 41.2 Å². The van der Waals surface area contributed by atoms with Crippen molar-refractivity contribution >= 4 is 0 Å². The Balaban J connectivity index is 2.43. The lowest BCUT2D eigenvalue weighted by atomic mass is 9.94. The molecule has 1 atom stereocenters. The maximum Gasteiger partial charge on any atom is 0.126 e. The number of aromatic amines is 1. The second-order valence-corrected chi connectivity index (χ2v) is 4.37. The zero-order chi connectivity index (χ0) is 13.8. The minimum atomic E-state index is 0.00538. The van der Waals surface area contributed by atoms with Gasteiger partial charge >= 0.3 is 0 Å². The molecule has 1 aromatic carbocycles. The van der Waals surface area contributed by atoms with Crippen LogP contribution in [-0.2, 0) is 0 Å². The first-order valence-corrected chi connectivity index (χ1v) is 6.13. The topological polar surface area (TPSA) is 73.2 Å². The van der Waals surface area contributed by atoms with E-state index in [0.29, 0.717) is 6.54 Å². The van der Waals surface area contributed by atoms with Crippen LogP contribution >= 0.6 is 0 Å². The zero-order valence-corrected chi connectivity index (χ0v) is 11.4. The highest BCUT2D eigenvalue weighted by atomic mass is 16.5. The summed E-state index contributed by atoms with van der Waals surface area (Å²) in [6.07, 6.45) is 0. The average molecular weight is 261 g/mol. The Morgan fingerprint density at radius 3 is 2.58 bits per heavy atom. The van der Waals surface area contributed by atoms with Crippen molar-refractivity contribution in [2.75, 3.05) is 20.8 Å². The van der Waals surface area contributed by atoms with Gasteiger partial charge in [0.1, 0.15) is 11.5 Å². The predicted octanol–water partition coefficient (Wildman–Crippen LogP) is 1.83. The Bertz CT molecular complexity index is 551. The predicted molar refractivity (Wildman–Crippen MR) is 73.8 cm³/mol. The van der Waals surface area contributed by atoms with Crippen LogP contribution in [0.25, 0.3) is 0 Å². The van der Waals surface area contributed by atoms with Gasteiger partial charge in [0.05, 0.1) is 19.9 Å². The number of aromatic nitrogens is 2. The fraction of sp³-hybridized carbons (Fsp3) is 0.357. The van der Waals surface area contributed by atoms with E-state index in [-0.39, 0.29) is 5.92 Å². The van der Waals surface area contributed by atoms with Gasteiger partial charge in [-0.05, 0) is 19.1 Å². The minimum Gasteiger partial charge on any atom is -0.497 e. The Morgan fingerprint density at radius 2 is 2.05 bits per heavy atom. The molecule has 5 heteroatoms. The number of nitrogens with one attached hydrogen (secondary N) is 1. The molecule has 0 radical (unpaired) electrons. The summed E-state index contributed by atoms with van der Waals surface area (Å²) >= 11 is 0. The molecule has 1 aromatic heterocycles. The van der Waals surface area contributed by atoms with Crippen LogP contribution in [0.3, 0.4) is 0 Å². The summed E-state index contributed by atoms with van der Waals surface area (Å²) < 4.78 is 10.6. The van der Waals surface area contributed by atoms with E-state index in [0.717, 1.165) is 28.5 Å². The third-order valence-electron chi connectivity index (χ3n) is 3.13. The molecule has 0 amide bonds. The molecule has 0 aliphatic heterocycles. The van der Waals surface area contributed by atoms with E-state index in [2.05, 4.69) is 10.2 Å². The highest BCUT2D eigenvalue weighted by Crippen LogP contribution is 2.33. The fourth-order valence-corrected chi connectivity index (χ4v) is 2.13. The van der Waals surface area contributed by atoms with Crippen molar-refractivity contribution in [3.63, 3.8) is 0 Å². The number of H-pyrrole nitrogens is 1. The summed E-state index contributed by atoms with van der Waals surface area (Å²) in [6, 6.07) is 7.73. The number of benzene rings is 1. The van der Waals surface area contributed by atoms with E-state index in [1.165, 1.54) is 0 Å². The second kappa shape index (κ2) is 5.75. The molecule has 0 spiro atoms. The summed E-state index contributed by atoms with van der Waals surface area (Å²) in [5, 5.41) is 7.23. The number of methoxy groups -OCH3 is 2. The third-order valence-corrected chi connectivity index (χ3v) is 3.13. The van der Waals surface area contributed by atoms with Gasteiger partial charge in [0.2, 0.25) is 0 Å². The summed E-state index contributed by atoms with van der Waals surface area (Å²) in [5.41, 5.74) is 8.85. The lowest BCUT2D eigenvalue weighted by Crippen LogP contribution is -2.15. The molecule has 0 aliphatic carbocycles. The van der Waals surface area contributed by atoms with Gasteiger partial charge in [-0.25, -0.2) is 0 Å². The van der Waals surface area contributed by atoms with Gasteiger partial charge in [0.25, 0.3) is 0 Å². The number of ether oxygens (including phenoxy) is 2. The monoisotopic (exact) mass is 261 g/mol. The molecule has 5 nitrogen and oxygen atoms in total. The molecular weight excluding hydrogens is 242 g/mol. The number of nitrogens with zero attached hydrogens (tertiary/aromatic N) is 1. The first-order chi connectivity index (χ1) is 9.19. The van der Waals surface area contributed by atoms with Crippen LogP contribution in [0.2, 0.25) is 0 Å². The van der Waals surface area contributed by atoms with Crippen molar-refractivity contribution in [2.24, 2.45) is 5.73 Å². The molecule has 0 fully saturated rings. The lowest BCUT2D eigenvalue weighted by molar-refractivity contribution is 0.389. The van der Waals surface area contributed by atoms with Gasteiger partial charge in [0.15, 0.2) is 0 Å². The SMILES string of the molecule is COc1ccc(C(CN)c2cc(C)[nH]n2)c(OC)c1. The van der Waals surface area contributed by atoms with Crippen molar-refractivity contribution < 1.29 is 9.47 Å². The Labute approximate surface area is 112 Å². The normalized spacial score (nSPS) is 12.2. The second-order valence-electron chi connectivity index (χ2n) is 4.37. The number of hydrogen-bond acceptors (Lipinski definition) is 4. The highest BCUT2D eigenvalue weighted by Gasteiger charge is 2.19. The quantitative estimate of drug-likeness (QED) is 0.861. The van der Waals surface area contributed by atoms with Crippen LogP contribution in [0, 0.1) is 6.92 Å². The van der Waals surface area contributed by atoms with Crippen LogP contribution in [0.4, 0.5) is 0 Å². The third kappa shape index (κ3) is 2.71. The molecule has 0 saturated heterocycles. The molecular formula is C14H19N3O2. The molecule has 2 aromatic rings.